The molecule has 17 heavy (non-hydrogen) atoms. The number of rotatable bonds is 4. The van der Waals surface area contributed by atoms with Crippen LogP contribution in [0.4, 0.5) is 4.79 Å². The molecule has 0 bridgehead atoms. The Bertz CT molecular complexity index is 307. The van der Waals surface area contributed by atoms with Crippen LogP contribution >= 0.6 is 11.6 Å². The van der Waals surface area contributed by atoms with Gasteiger partial charge in [0.15, 0.2) is 0 Å². The molecule has 2 N–H and O–H groups in total. The summed E-state index contributed by atoms with van der Waals surface area (Å²) in [6.07, 6.45) is 0. The second-order valence-corrected chi connectivity index (χ2v) is 4.46. The minimum atomic E-state index is -0.774. The summed E-state index contributed by atoms with van der Waals surface area (Å²) in [5.74, 6) is -1.07. The molecule has 0 spiro atoms. The Morgan fingerprint density at radius 1 is 1.24 bits per heavy atom. The number of carbonyl (C=O) groups excluding carboxylic acids is 3. The third-order valence-electron chi connectivity index (χ3n) is 2.18. The summed E-state index contributed by atoms with van der Waals surface area (Å²) in [7, 11) is 3.03. The smallest absolute Gasteiger partial charge is 0.323 e. The summed E-state index contributed by atoms with van der Waals surface area (Å²) < 4.78 is 0. The largest absolute Gasteiger partial charge is 0.359 e. The highest BCUT2D eigenvalue weighted by atomic mass is 35.5. The lowest BCUT2D eigenvalue weighted by Crippen LogP contribution is -2.46. The van der Waals surface area contributed by atoms with E-state index in [-0.39, 0.29) is 18.4 Å². The van der Waals surface area contributed by atoms with Crippen LogP contribution in [0.25, 0.3) is 0 Å². The van der Waals surface area contributed by atoms with E-state index in [9.17, 15) is 14.4 Å². The third kappa shape index (κ3) is 5.53. The molecule has 0 rings (SSSR count). The fraction of sp³-hybridized carbons (Fsp3) is 0.700. The summed E-state index contributed by atoms with van der Waals surface area (Å²) in [5, 5.41) is 3.83. The van der Waals surface area contributed by atoms with Crippen molar-refractivity contribution in [3.8, 4) is 0 Å². The lowest BCUT2D eigenvalue weighted by Gasteiger charge is -2.20. The molecule has 0 saturated heterocycles. The van der Waals surface area contributed by atoms with Crippen LogP contribution in [0.15, 0.2) is 0 Å². The number of nitrogens with one attached hydrogen (secondary N) is 2. The molecule has 0 aromatic carbocycles. The van der Waals surface area contributed by atoms with E-state index < -0.39 is 17.3 Å². The van der Waals surface area contributed by atoms with Crippen molar-refractivity contribution in [1.82, 2.24) is 15.5 Å². The number of hydrogen-bond acceptors (Lipinski definition) is 3. The fourth-order valence-corrected chi connectivity index (χ4v) is 1.18. The molecule has 6 nitrogen and oxygen atoms in total. The Morgan fingerprint density at radius 2 is 1.76 bits per heavy atom. The Hall–Kier alpha value is -1.30. The van der Waals surface area contributed by atoms with Gasteiger partial charge in [-0.05, 0) is 6.92 Å². The van der Waals surface area contributed by atoms with Gasteiger partial charge in [0.2, 0.25) is 11.8 Å². The van der Waals surface area contributed by atoms with Crippen LogP contribution in [0.1, 0.15) is 13.8 Å². The van der Waals surface area contributed by atoms with Gasteiger partial charge in [-0.15, -0.1) is 11.6 Å². The van der Waals surface area contributed by atoms with Crippen LogP contribution in [0, 0.1) is 5.92 Å². The maximum atomic E-state index is 11.5. The normalized spacial score (nSPS) is 13.5. The zero-order valence-corrected chi connectivity index (χ0v) is 11.2. The number of halogens is 1. The predicted molar refractivity (Wildman–Crippen MR) is 64.7 cm³/mol. The molecule has 2 atom stereocenters. The van der Waals surface area contributed by atoms with Gasteiger partial charge in [-0.3, -0.25) is 14.9 Å². The van der Waals surface area contributed by atoms with Crippen LogP contribution in [-0.4, -0.2) is 48.8 Å². The lowest BCUT2D eigenvalue weighted by molar-refractivity contribution is -0.124. The predicted octanol–water partition coefficient (Wildman–Crippen LogP) is 0.164. The highest BCUT2D eigenvalue weighted by Crippen LogP contribution is 1.99. The van der Waals surface area contributed by atoms with Crippen LogP contribution in [-0.2, 0) is 9.59 Å². The van der Waals surface area contributed by atoms with Gasteiger partial charge in [-0.2, -0.15) is 0 Å². The Labute approximate surface area is 106 Å². The van der Waals surface area contributed by atoms with Crippen molar-refractivity contribution in [3.05, 3.63) is 0 Å². The van der Waals surface area contributed by atoms with Crippen molar-refractivity contribution in [1.29, 1.82) is 0 Å². The number of imide groups is 1. The molecule has 2 unspecified atom stereocenters. The first-order valence-corrected chi connectivity index (χ1v) is 5.64. The maximum absolute atomic E-state index is 11.5. The van der Waals surface area contributed by atoms with Gasteiger partial charge in [-0.25, -0.2) is 4.79 Å². The zero-order valence-electron chi connectivity index (χ0n) is 10.4. The van der Waals surface area contributed by atoms with Gasteiger partial charge in [0.05, 0.1) is 5.92 Å². The molecule has 98 valence electrons. The molecule has 0 heterocycles. The number of alkyl halides is 1. The lowest BCUT2D eigenvalue weighted by atomic mass is 10.1. The van der Waals surface area contributed by atoms with E-state index in [4.69, 9.17) is 11.6 Å². The molecule has 0 saturated carbocycles. The SMILES string of the molecule is CNC(=O)C(C)CN(C)C(=O)NC(=O)C(C)Cl. The second-order valence-electron chi connectivity index (χ2n) is 3.81. The highest BCUT2D eigenvalue weighted by molar-refractivity contribution is 6.31. The molecule has 0 aromatic heterocycles. The first-order valence-electron chi connectivity index (χ1n) is 5.21. The summed E-state index contributed by atoms with van der Waals surface area (Å²) in [6, 6.07) is -0.571. The monoisotopic (exact) mass is 263 g/mol. The minimum absolute atomic E-state index is 0.165. The molecule has 4 amide bonds. The van der Waals surface area contributed by atoms with Crippen LogP contribution in [0.3, 0.4) is 0 Å². The van der Waals surface area contributed by atoms with E-state index in [1.54, 1.807) is 6.92 Å². The van der Waals surface area contributed by atoms with Gasteiger partial charge in [-0.1, -0.05) is 6.92 Å². The molecule has 0 fully saturated rings. The zero-order chi connectivity index (χ0) is 13.6. The van der Waals surface area contributed by atoms with Crippen molar-refractivity contribution in [2.24, 2.45) is 5.92 Å². The van der Waals surface area contributed by atoms with Crippen molar-refractivity contribution in [2.45, 2.75) is 19.2 Å². The Morgan fingerprint density at radius 3 is 2.18 bits per heavy atom. The van der Waals surface area contributed by atoms with Crippen molar-refractivity contribution < 1.29 is 14.4 Å². The summed E-state index contributed by atoms with van der Waals surface area (Å²) in [4.78, 5) is 35.2. The van der Waals surface area contributed by atoms with Crippen molar-refractivity contribution in [3.63, 3.8) is 0 Å². The van der Waals surface area contributed by atoms with E-state index in [1.807, 2.05) is 0 Å². The minimum Gasteiger partial charge on any atom is -0.359 e. The number of nitrogens with zero attached hydrogens (tertiary/aromatic N) is 1. The Balaban J connectivity index is 4.23. The quantitative estimate of drug-likeness (QED) is 0.710. The average molecular weight is 264 g/mol. The van der Waals surface area contributed by atoms with E-state index in [1.165, 1.54) is 25.9 Å². The van der Waals surface area contributed by atoms with E-state index in [2.05, 4.69) is 10.6 Å². The third-order valence-corrected chi connectivity index (χ3v) is 2.38. The molecule has 0 aromatic rings. The van der Waals surface area contributed by atoms with Gasteiger partial charge in [0.25, 0.3) is 0 Å². The maximum Gasteiger partial charge on any atom is 0.323 e. The molecule has 0 aliphatic rings. The Kier molecular flexibility index (Phi) is 6.57. The molecular weight excluding hydrogens is 246 g/mol. The van der Waals surface area contributed by atoms with Crippen molar-refractivity contribution in [2.75, 3.05) is 20.6 Å². The molecule has 0 aliphatic heterocycles. The van der Waals surface area contributed by atoms with Gasteiger partial charge in [0.1, 0.15) is 5.38 Å². The summed E-state index contributed by atoms with van der Waals surface area (Å²) in [5.41, 5.74) is 0. The molecule has 7 heteroatoms. The highest BCUT2D eigenvalue weighted by Gasteiger charge is 2.20. The number of hydrogen-bond donors (Lipinski definition) is 2. The van der Waals surface area contributed by atoms with Gasteiger partial charge >= 0.3 is 6.03 Å². The van der Waals surface area contributed by atoms with Gasteiger partial charge in [0, 0.05) is 20.6 Å². The van der Waals surface area contributed by atoms with Crippen molar-refractivity contribution >= 4 is 29.4 Å². The molecule has 0 aliphatic carbocycles. The van der Waals surface area contributed by atoms with E-state index in [0.717, 1.165) is 0 Å². The topological polar surface area (TPSA) is 78.5 Å². The van der Waals surface area contributed by atoms with E-state index in [0.29, 0.717) is 0 Å². The number of carbonyl (C=O) groups is 3. The molecule has 0 radical (unpaired) electrons. The number of urea groups is 1. The second kappa shape index (κ2) is 7.11. The molecular formula is C10H18ClN3O3. The first kappa shape index (κ1) is 15.7. The van der Waals surface area contributed by atoms with Crippen LogP contribution in [0.2, 0.25) is 0 Å². The number of amides is 4. The average Bonchev–Trinajstić information content (AvgIpc) is 2.27. The summed E-state index contributed by atoms with van der Waals surface area (Å²) in [6.45, 7) is 3.38. The fourth-order valence-electron chi connectivity index (χ4n) is 1.12. The van der Waals surface area contributed by atoms with E-state index >= 15 is 0 Å². The van der Waals surface area contributed by atoms with Gasteiger partial charge < -0.3 is 10.2 Å². The first-order chi connectivity index (χ1) is 7.79. The van der Waals surface area contributed by atoms with Crippen LogP contribution in [0.5, 0.6) is 0 Å². The standard InChI is InChI=1S/C10H18ClN3O3/c1-6(8(15)12-3)5-14(4)10(17)13-9(16)7(2)11/h6-7H,5H2,1-4H3,(H,12,15)(H,13,16,17). The summed E-state index contributed by atoms with van der Waals surface area (Å²) >= 11 is 5.51. The van der Waals surface area contributed by atoms with Crippen LogP contribution < -0.4 is 10.6 Å².